The molecule has 108 valence electrons. The lowest BCUT2D eigenvalue weighted by Gasteiger charge is -2.10. The van der Waals surface area contributed by atoms with Crippen LogP contribution in [0.3, 0.4) is 0 Å². The van der Waals surface area contributed by atoms with Gasteiger partial charge in [-0.3, -0.25) is 4.68 Å². The highest BCUT2D eigenvalue weighted by molar-refractivity contribution is 6.32. The Kier molecular flexibility index (Phi) is 4.23. The van der Waals surface area contributed by atoms with Crippen molar-refractivity contribution in [1.29, 1.82) is 0 Å². The van der Waals surface area contributed by atoms with Crippen molar-refractivity contribution < 1.29 is 5.11 Å². The normalized spacial score (nSPS) is 11.1. The molecule has 2 rings (SSSR count). The van der Waals surface area contributed by atoms with Gasteiger partial charge in [0, 0.05) is 12.6 Å². The lowest BCUT2D eigenvalue weighted by Crippen LogP contribution is -2.06. The van der Waals surface area contributed by atoms with Gasteiger partial charge in [-0.25, -0.2) is 0 Å². The minimum atomic E-state index is 0.107. The number of aromatic nitrogens is 2. The summed E-state index contributed by atoms with van der Waals surface area (Å²) in [5.74, 6) is 0.107. The topological polar surface area (TPSA) is 50.1 Å². The maximum atomic E-state index is 9.42. The van der Waals surface area contributed by atoms with E-state index in [4.69, 9.17) is 11.6 Å². The summed E-state index contributed by atoms with van der Waals surface area (Å²) in [6.45, 7) is 8.93. The molecule has 1 aromatic heterocycles. The molecule has 1 heterocycles. The van der Waals surface area contributed by atoms with Gasteiger partial charge in [0.15, 0.2) is 0 Å². The Morgan fingerprint density at radius 2 is 2.05 bits per heavy atom. The molecule has 0 aliphatic rings. The van der Waals surface area contributed by atoms with Crippen LogP contribution in [0.25, 0.3) is 0 Å². The predicted molar refractivity (Wildman–Crippen MR) is 82.5 cm³/mol. The second-order valence-electron chi connectivity index (χ2n) is 5.22. The number of aryl methyl sites for hydroxylation is 1. The standard InChI is InChI=1S/C15H20ClN3O/c1-9(2)19-11(4)15(10(3)18-19)17-8-12-5-6-14(20)13(16)7-12/h5-7,9,17,20H,8H2,1-4H3. The fourth-order valence-corrected chi connectivity index (χ4v) is 2.48. The van der Waals surface area contributed by atoms with Crippen molar-refractivity contribution in [3.8, 4) is 5.75 Å². The number of phenolic OH excluding ortho intramolecular Hbond substituents is 1. The molecule has 0 atom stereocenters. The first kappa shape index (κ1) is 14.7. The van der Waals surface area contributed by atoms with Gasteiger partial charge in [-0.2, -0.15) is 5.10 Å². The zero-order chi connectivity index (χ0) is 14.9. The van der Waals surface area contributed by atoms with Gasteiger partial charge in [0.2, 0.25) is 0 Å². The van der Waals surface area contributed by atoms with E-state index in [9.17, 15) is 5.11 Å². The highest BCUT2D eigenvalue weighted by Gasteiger charge is 2.13. The summed E-state index contributed by atoms with van der Waals surface area (Å²) in [5, 5.41) is 17.7. The molecule has 0 aliphatic heterocycles. The number of rotatable bonds is 4. The zero-order valence-electron chi connectivity index (χ0n) is 12.2. The van der Waals surface area contributed by atoms with E-state index >= 15 is 0 Å². The number of nitrogens with one attached hydrogen (secondary N) is 1. The molecule has 0 radical (unpaired) electrons. The molecule has 0 bridgehead atoms. The summed E-state index contributed by atoms with van der Waals surface area (Å²) in [4.78, 5) is 0. The second kappa shape index (κ2) is 5.75. The third-order valence-corrected chi connectivity index (χ3v) is 3.60. The molecule has 2 aromatic rings. The molecule has 0 saturated carbocycles. The van der Waals surface area contributed by atoms with Crippen LogP contribution in [0.5, 0.6) is 5.75 Å². The summed E-state index contributed by atoms with van der Waals surface area (Å²) in [7, 11) is 0. The summed E-state index contributed by atoms with van der Waals surface area (Å²) in [6.07, 6.45) is 0. The smallest absolute Gasteiger partial charge is 0.134 e. The van der Waals surface area contributed by atoms with Crippen LogP contribution in [0, 0.1) is 13.8 Å². The van der Waals surface area contributed by atoms with E-state index in [0.29, 0.717) is 17.6 Å². The first-order valence-corrected chi connectivity index (χ1v) is 7.05. The van der Waals surface area contributed by atoms with Crippen LogP contribution in [0.1, 0.15) is 36.8 Å². The second-order valence-corrected chi connectivity index (χ2v) is 5.63. The van der Waals surface area contributed by atoms with Gasteiger partial charge >= 0.3 is 0 Å². The molecule has 0 fully saturated rings. The highest BCUT2D eigenvalue weighted by Crippen LogP contribution is 2.26. The van der Waals surface area contributed by atoms with Crippen LogP contribution in [0.4, 0.5) is 5.69 Å². The Bertz CT molecular complexity index is 620. The van der Waals surface area contributed by atoms with Crippen molar-refractivity contribution >= 4 is 17.3 Å². The number of anilines is 1. The van der Waals surface area contributed by atoms with Gasteiger partial charge in [-0.05, 0) is 45.4 Å². The van der Waals surface area contributed by atoms with E-state index in [1.54, 1.807) is 12.1 Å². The molecule has 4 nitrogen and oxygen atoms in total. The number of benzene rings is 1. The number of nitrogens with zero attached hydrogens (tertiary/aromatic N) is 2. The molecule has 0 amide bonds. The Labute approximate surface area is 124 Å². The maximum absolute atomic E-state index is 9.42. The molecule has 0 aliphatic carbocycles. The number of hydrogen-bond donors (Lipinski definition) is 2. The Morgan fingerprint density at radius 3 is 2.60 bits per heavy atom. The minimum Gasteiger partial charge on any atom is -0.506 e. The third-order valence-electron chi connectivity index (χ3n) is 3.30. The van der Waals surface area contributed by atoms with Crippen LogP contribution in [0.2, 0.25) is 5.02 Å². The van der Waals surface area contributed by atoms with E-state index in [2.05, 4.69) is 31.2 Å². The minimum absolute atomic E-state index is 0.107. The number of aromatic hydroxyl groups is 1. The Morgan fingerprint density at radius 1 is 1.35 bits per heavy atom. The van der Waals surface area contributed by atoms with E-state index < -0.39 is 0 Å². The van der Waals surface area contributed by atoms with Gasteiger partial charge in [-0.15, -0.1) is 0 Å². The van der Waals surface area contributed by atoms with Crippen molar-refractivity contribution in [3.05, 3.63) is 40.2 Å². The van der Waals surface area contributed by atoms with Crippen molar-refractivity contribution in [2.75, 3.05) is 5.32 Å². The highest BCUT2D eigenvalue weighted by atomic mass is 35.5. The molecular formula is C15H20ClN3O. The molecule has 2 N–H and O–H groups in total. The van der Waals surface area contributed by atoms with E-state index in [-0.39, 0.29) is 5.75 Å². The predicted octanol–water partition coefficient (Wildman–Crippen LogP) is 4.05. The molecule has 1 aromatic carbocycles. The van der Waals surface area contributed by atoms with Crippen molar-refractivity contribution in [3.63, 3.8) is 0 Å². The SMILES string of the molecule is Cc1nn(C(C)C)c(C)c1NCc1ccc(O)c(Cl)c1. The summed E-state index contributed by atoms with van der Waals surface area (Å²) >= 11 is 5.91. The molecule has 5 heteroatoms. The average molecular weight is 294 g/mol. The number of hydrogen-bond acceptors (Lipinski definition) is 3. The Balaban J connectivity index is 2.16. The summed E-state index contributed by atoms with van der Waals surface area (Å²) in [6, 6.07) is 5.57. The first-order valence-electron chi connectivity index (χ1n) is 6.67. The fraction of sp³-hybridized carbons (Fsp3) is 0.400. The lowest BCUT2D eigenvalue weighted by molar-refractivity contribution is 0.475. The van der Waals surface area contributed by atoms with Gasteiger partial charge in [0.1, 0.15) is 5.75 Å². The van der Waals surface area contributed by atoms with Gasteiger partial charge in [0.25, 0.3) is 0 Å². The van der Waals surface area contributed by atoms with Gasteiger partial charge in [0.05, 0.1) is 22.1 Å². The lowest BCUT2D eigenvalue weighted by atomic mass is 10.2. The van der Waals surface area contributed by atoms with Crippen molar-refractivity contribution in [1.82, 2.24) is 9.78 Å². The van der Waals surface area contributed by atoms with E-state index in [1.807, 2.05) is 17.7 Å². The zero-order valence-corrected chi connectivity index (χ0v) is 13.0. The van der Waals surface area contributed by atoms with Crippen LogP contribution < -0.4 is 5.32 Å². The average Bonchev–Trinajstić information content (AvgIpc) is 2.67. The first-order chi connectivity index (χ1) is 9.40. The monoisotopic (exact) mass is 293 g/mol. The third kappa shape index (κ3) is 2.90. The number of phenols is 1. The molecular weight excluding hydrogens is 274 g/mol. The fourth-order valence-electron chi connectivity index (χ4n) is 2.27. The summed E-state index contributed by atoms with van der Waals surface area (Å²) in [5.41, 5.74) is 4.19. The van der Waals surface area contributed by atoms with E-state index in [0.717, 1.165) is 22.6 Å². The summed E-state index contributed by atoms with van der Waals surface area (Å²) < 4.78 is 2.02. The maximum Gasteiger partial charge on any atom is 0.134 e. The van der Waals surface area contributed by atoms with Crippen molar-refractivity contribution in [2.24, 2.45) is 0 Å². The van der Waals surface area contributed by atoms with Gasteiger partial charge < -0.3 is 10.4 Å². The van der Waals surface area contributed by atoms with Gasteiger partial charge in [-0.1, -0.05) is 17.7 Å². The number of halogens is 1. The van der Waals surface area contributed by atoms with Crippen LogP contribution in [0.15, 0.2) is 18.2 Å². The van der Waals surface area contributed by atoms with Crippen LogP contribution >= 0.6 is 11.6 Å². The largest absolute Gasteiger partial charge is 0.506 e. The molecule has 0 spiro atoms. The van der Waals surface area contributed by atoms with Crippen LogP contribution in [-0.4, -0.2) is 14.9 Å². The quantitative estimate of drug-likeness (QED) is 0.894. The van der Waals surface area contributed by atoms with Crippen LogP contribution in [-0.2, 0) is 6.54 Å². The van der Waals surface area contributed by atoms with Crippen molar-refractivity contribution in [2.45, 2.75) is 40.3 Å². The Hall–Kier alpha value is -1.68. The molecule has 0 unspecified atom stereocenters. The molecule has 0 saturated heterocycles. The van der Waals surface area contributed by atoms with E-state index in [1.165, 1.54) is 0 Å². The molecule has 20 heavy (non-hydrogen) atoms.